The van der Waals surface area contributed by atoms with Gasteiger partial charge >= 0.3 is 0 Å². The lowest BCUT2D eigenvalue weighted by atomic mass is 9.79. The van der Waals surface area contributed by atoms with Gasteiger partial charge in [-0.3, -0.25) is 9.59 Å². The Bertz CT molecular complexity index is 811. The molecule has 142 valence electrons. The average Bonchev–Trinajstić information content (AvgIpc) is 2.68. The van der Waals surface area contributed by atoms with Gasteiger partial charge in [-0.05, 0) is 54.8 Å². The maximum atomic E-state index is 13.0. The second-order valence-electron chi connectivity index (χ2n) is 7.17. The Kier molecular flexibility index (Phi) is 5.54. The van der Waals surface area contributed by atoms with Crippen molar-refractivity contribution in [3.8, 4) is 0 Å². The second kappa shape index (κ2) is 7.86. The number of nitrogens with one attached hydrogen (secondary N) is 1. The molecule has 0 radical (unpaired) electrons. The zero-order valence-electron chi connectivity index (χ0n) is 15.2. The SMILES string of the molecule is CC1(C(=O)NCc2ccc(F)cc2)CCN(C(=O)c2ccc(F)cc2)CC1. The monoisotopic (exact) mass is 372 g/mol. The maximum absolute atomic E-state index is 13.0. The van der Waals surface area contributed by atoms with Crippen molar-refractivity contribution in [3.05, 3.63) is 71.3 Å². The first-order chi connectivity index (χ1) is 12.9. The van der Waals surface area contributed by atoms with Crippen LogP contribution in [0.4, 0.5) is 8.78 Å². The normalized spacial score (nSPS) is 16.0. The Morgan fingerprint density at radius 3 is 2.04 bits per heavy atom. The van der Waals surface area contributed by atoms with Gasteiger partial charge in [0.25, 0.3) is 5.91 Å². The van der Waals surface area contributed by atoms with E-state index < -0.39 is 5.41 Å². The van der Waals surface area contributed by atoms with Gasteiger partial charge in [-0.25, -0.2) is 8.78 Å². The molecule has 0 saturated carbocycles. The highest BCUT2D eigenvalue weighted by Crippen LogP contribution is 2.31. The molecule has 0 spiro atoms. The molecule has 0 bridgehead atoms. The predicted octanol–water partition coefficient (Wildman–Crippen LogP) is 3.52. The number of benzene rings is 2. The fourth-order valence-electron chi connectivity index (χ4n) is 3.20. The number of hydrogen-bond donors (Lipinski definition) is 1. The van der Waals surface area contributed by atoms with Crippen LogP contribution in [0.3, 0.4) is 0 Å². The van der Waals surface area contributed by atoms with Crippen molar-refractivity contribution in [2.45, 2.75) is 26.3 Å². The summed E-state index contributed by atoms with van der Waals surface area (Å²) in [6, 6.07) is 11.5. The molecule has 1 saturated heterocycles. The molecule has 0 aromatic heterocycles. The topological polar surface area (TPSA) is 49.4 Å². The molecule has 1 N–H and O–H groups in total. The summed E-state index contributed by atoms with van der Waals surface area (Å²) in [5.41, 5.74) is 0.720. The second-order valence-corrected chi connectivity index (χ2v) is 7.17. The Morgan fingerprint density at radius 2 is 1.48 bits per heavy atom. The lowest BCUT2D eigenvalue weighted by Crippen LogP contribution is -2.48. The molecule has 0 aliphatic carbocycles. The lowest BCUT2D eigenvalue weighted by molar-refractivity contribution is -0.132. The van der Waals surface area contributed by atoms with Gasteiger partial charge in [-0.1, -0.05) is 19.1 Å². The van der Waals surface area contributed by atoms with Crippen molar-refractivity contribution in [2.24, 2.45) is 5.41 Å². The number of carbonyl (C=O) groups is 2. The van der Waals surface area contributed by atoms with E-state index >= 15 is 0 Å². The van der Waals surface area contributed by atoms with Crippen molar-refractivity contribution in [3.63, 3.8) is 0 Å². The zero-order valence-corrected chi connectivity index (χ0v) is 15.2. The summed E-state index contributed by atoms with van der Waals surface area (Å²) >= 11 is 0. The van der Waals surface area contributed by atoms with Crippen LogP contribution >= 0.6 is 0 Å². The highest BCUT2D eigenvalue weighted by atomic mass is 19.1. The zero-order chi connectivity index (χ0) is 19.4. The lowest BCUT2D eigenvalue weighted by Gasteiger charge is -2.38. The van der Waals surface area contributed by atoms with Crippen molar-refractivity contribution in [2.75, 3.05) is 13.1 Å². The van der Waals surface area contributed by atoms with Crippen LogP contribution in [0.25, 0.3) is 0 Å². The quantitative estimate of drug-likeness (QED) is 0.893. The number of likely N-dealkylation sites (tertiary alicyclic amines) is 1. The number of carbonyl (C=O) groups excluding carboxylic acids is 2. The molecule has 1 aliphatic rings. The average molecular weight is 372 g/mol. The molecule has 3 rings (SSSR count). The van der Waals surface area contributed by atoms with E-state index in [9.17, 15) is 18.4 Å². The number of nitrogens with zero attached hydrogens (tertiary/aromatic N) is 1. The molecule has 2 aromatic rings. The van der Waals surface area contributed by atoms with E-state index in [1.165, 1.54) is 36.4 Å². The molecule has 1 heterocycles. The summed E-state index contributed by atoms with van der Waals surface area (Å²) in [6.45, 7) is 3.17. The number of piperidine rings is 1. The van der Waals surface area contributed by atoms with Crippen molar-refractivity contribution >= 4 is 11.8 Å². The van der Waals surface area contributed by atoms with Gasteiger partial charge in [0.15, 0.2) is 0 Å². The Morgan fingerprint density at radius 1 is 0.963 bits per heavy atom. The highest BCUT2D eigenvalue weighted by Gasteiger charge is 2.38. The molecule has 6 heteroatoms. The number of halogens is 2. The summed E-state index contributed by atoms with van der Waals surface area (Å²) in [7, 11) is 0. The van der Waals surface area contributed by atoms with E-state index in [0.29, 0.717) is 38.0 Å². The largest absolute Gasteiger partial charge is 0.352 e. The highest BCUT2D eigenvalue weighted by molar-refractivity contribution is 5.94. The minimum atomic E-state index is -0.556. The van der Waals surface area contributed by atoms with Gasteiger partial charge in [0.05, 0.1) is 0 Å². The Hall–Kier alpha value is -2.76. The molecule has 27 heavy (non-hydrogen) atoms. The molecule has 0 unspecified atom stereocenters. The number of hydrogen-bond acceptors (Lipinski definition) is 2. The molecular formula is C21H22F2N2O2. The standard InChI is InChI=1S/C21H22F2N2O2/c1-21(20(27)24-14-15-2-6-17(22)7-3-15)10-12-25(13-11-21)19(26)16-4-8-18(23)9-5-16/h2-9H,10-14H2,1H3,(H,24,27). The fraction of sp³-hybridized carbons (Fsp3) is 0.333. The van der Waals surface area contributed by atoms with Gasteiger partial charge in [-0.2, -0.15) is 0 Å². The third-order valence-corrected chi connectivity index (χ3v) is 5.16. The summed E-state index contributed by atoms with van der Waals surface area (Å²) in [5.74, 6) is -0.907. The third kappa shape index (κ3) is 4.51. The van der Waals surface area contributed by atoms with Crippen LogP contribution in [0.1, 0.15) is 35.7 Å². The summed E-state index contributed by atoms with van der Waals surface area (Å²) in [4.78, 5) is 26.8. The predicted molar refractivity (Wildman–Crippen MR) is 97.9 cm³/mol. The van der Waals surface area contributed by atoms with Gasteiger partial charge in [0.1, 0.15) is 11.6 Å². The van der Waals surface area contributed by atoms with Crippen molar-refractivity contribution in [1.29, 1.82) is 0 Å². The van der Waals surface area contributed by atoms with Gasteiger partial charge in [0.2, 0.25) is 5.91 Å². The first kappa shape index (κ1) is 19.0. The van der Waals surface area contributed by atoms with Crippen LogP contribution in [-0.2, 0) is 11.3 Å². The Balaban J connectivity index is 1.54. The number of rotatable bonds is 4. The number of amides is 2. The van der Waals surface area contributed by atoms with Crippen molar-refractivity contribution in [1.82, 2.24) is 10.2 Å². The Labute approximate surface area is 157 Å². The molecule has 4 nitrogen and oxygen atoms in total. The van der Waals surface area contributed by atoms with Crippen LogP contribution in [0.2, 0.25) is 0 Å². The maximum Gasteiger partial charge on any atom is 0.253 e. The third-order valence-electron chi connectivity index (χ3n) is 5.16. The molecule has 1 aliphatic heterocycles. The molecular weight excluding hydrogens is 350 g/mol. The van der Waals surface area contributed by atoms with Crippen LogP contribution < -0.4 is 5.32 Å². The van der Waals surface area contributed by atoms with Crippen LogP contribution in [-0.4, -0.2) is 29.8 Å². The van der Waals surface area contributed by atoms with E-state index in [0.717, 1.165) is 5.56 Å². The van der Waals surface area contributed by atoms with E-state index in [4.69, 9.17) is 0 Å². The van der Waals surface area contributed by atoms with Gasteiger partial charge in [0, 0.05) is 30.6 Å². The van der Waals surface area contributed by atoms with Crippen molar-refractivity contribution < 1.29 is 18.4 Å². The van der Waals surface area contributed by atoms with Crippen LogP contribution in [0, 0.1) is 17.0 Å². The summed E-state index contributed by atoms with van der Waals surface area (Å²) in [6.07, 6.45) is 1.10. The first-order valence-electron chi connectivity index (χ1n) is 8.95. The minimum Gasteiger partial charge on any atom is -0.352 e. The van der Waals surface area contributed by atoms with E-state index in [2.05, 4.69) is 5.32 Å². The van der Waals surface area contributed by atoms with E-state index in [1.54, 1.807) is 17.0 Å². The fourth-order valence-corrected chi connectivity index (χ4v) is 3.20. The molecule has 0 atom stereocenters. The first-order valence-corrected chi connectivity index (χ1v) is 8.95. The summed E-state index contributed by atoms with van der Waals surface area (Å²) in [5, 5.41) is 2.90. The smallest absolute Gasteiger partial charge is 0.253 e. The minimum absolute atomic E-state index is 0.0688. The van der Waals surface area contributed by atoms with E-state index in [1.807, 2.05) is 6.92 Å². The molecule has 2 amide bonds. The van der Waals surface area contributed by atoms with Gasteiger partial charge in [-0.15, -0.1) is 0 Å². The van der Waals surface area contributed by atoms with Crippen LogP contribution in [0.5, 0.6) is 0 Å². The van der Waals surface area contributed by atoms with Gasteiger partial charge < -0.3 is 10.2 Å². The molecule has 1 fully saturated rings. The molecule has 2 aromatic carbocycles. The van der Waals surface area contributed by atoms with Crippen LogP contribution in [0.15, 0.2) is 48.5 Å². The van der Waals surface area contributed by atoms with E-state index in [-0.39, 0.29) is 23.4 Å². The summed E-state index contributed by atoms with van der Waals surface area (Å²) < 4.78 is 26.0.